The second-order valence-corrected chi connectivity index (χ2v) is 15.5. The Morgan fingerprint density at radius 1 is 0.638 bits per heavy atom. The van der Waals surface area contributed by atoms with Crippen molar-refractivity contribution < 1.29 is 4.42 Å². The molecule has 0 aliphatic heterocycles. The summed E-state index contributed by atoms with van der Waals surface area (Å²) in [5, 5.41) is 5.73. The first kappa shape index (κ1) is 34.2. The zero-order valence-corrected chi connectivity index (χ0v) is 32.6. The summed E-state index contributed by atoms with van der Waals surface area (Å²) in [4.78, 5) is 10.7. The molecule has 0 bridgehead atoms. The molecule has 1 aliphatic carbocycles. The fourth-order valence-electron chi connectivity index (χ4n) is 9.36. The molecule has 1 unspecified atom stereocenters. The fourth-order valence-corrected chi connectivity index (χ4v) is 9.36. The van der Waals surface area contributed by atoms with Gasteiger partial charge in [0, 0.05) is 49.5 Å². The van der Waals surface area contributed by atoms with Crippen LogP contribution in [0.2, 0.25) is 0 Å². The maximum atomic E-state index is 6.59. The molecule has 7 aromatic carbocycles. The Labute approximate surface area is 337 Å². The van der Waals surface area contributed by atoms with Gasteiger partial charge in [-0.2, -0.15) is 0 Å². The molecule has 278 valence electrons. The molecule has 1 aliphatic rings. The van der Waals surface area contributed by atoms with Gasteiger partial charge in [0.25, 0.3) is 0 Å². The van der Waals surface area contributed by atoms with Crippen molar-refractivity contribution in [2.75, 3.05) is 0 Å². The molecule has 10 aromatic rings. The van der Waals surface area contributed by atoms with Gasteiger partial charge in [0.1, 0.15) is 11.0 Å². The Balaban J connectivity index is 1.07. The molecule has 0 saturated carbocycles. The van der Waals surface area contributed by atoms with Gasteiger partial charge < -0.3 is 8.98 Å². The number of para-hydroxylation sites is 3. The van der Waals surface area contributed by atoms with Crippen molar-refractivity contribution in [1.82, 2.24) is 14.5 Å². The summed E-state index contributed by atoms with van der Waals surface area (Å²) in [6.07, 6.45) is 7.68. The maximum absolute atomic E-state index is 6.59. The van der Waals surface area contributed by atoms with Crippen LogP contribution in [0.5, 0.6) is 0 Å². The van der Waals surface area contributed by atoms with Gasteiger partial charge in [-0.25, -0.2) is 9.97 Å². The van der Waals surface area contributed by atoms with E-state index in [1.54, 1.807) is 0 Å². The molecular formula is C54H41N3O. The fraction of sp³-hybridized carbons (Fsp3) is 0.111. The van der Waals surface area contributed by atoms with E-state index in [1.807, 2.05) is 0 Å². The van der Waals surface area contributed by atoms with E-state index in [-0.39, 0.29) is 5.92 Å². The van der Waals surface area contributed by atoms with E-state index in [0.29, 0.717) is 5.82 Å². The Hall–Kier alpha value is -7.04. The molecule has 0 amide bonds. The lowest BCUT2D eigenvalue weighted by molar-refractivity contribution is 0.570. The van der Waals surface area contributed by atoms with Crippen LogP contribution < -0.4 is 10.6 Å². The monoisotopic (exact) mass is 747 g/mol. The molecule has 3 heterocycles. The van der Waals surface area contributed by atoms with Gasteiger partial charge in [0.2, 0.25) is 0 Å². The highest BCUT2D eigenvalue weighted by Gasteiger charge is 2.22. The van der Waals surface area contributed by atoms with E-state index >= 15 is 0 Å². The smallest absolute Gasteiger partial charge is 0.161 e. The zero-order valence-electron chi connectivity index (χ0n) is 32.6. The summed E-state index contributed by atoms with van der Waals surface area (Å²) in [6, 6.07) is 56.5. The second kappa shape index (κ2) is 13.9. The van der Waals surface area contributed by atoms with E-state index in [2.05, 4.69) is 188 Å². The van der Waals surface area contributed by atoms with Gasteiger partial charge in [-0.3, -0.25) is 0 Å². The van der Waals surface area contributed by atoms with Crippen LogP contribution in [-0.2, 0) is 6.42 Å². The van der Waals surface area contributed by atoms with Crippen molar-refractivity contribution in [3.8, 4) is 39.5 Å². The predicted molar refractivity (Wildman–Crippen MR) is 241 cm³/mol. The number of benzene rings is 7. The van der Waals surface area contributed by atoms with E-state index in [4.69, 9.17) is 14.4 Å². The average Bonchev–Trinajstić information content (AvgIpc) is 3.82. The van der Waals surface area contributed by atoms with Crippen LogP contribution in [0.25, 0.3) is 95.3 Å². The molecule has 0 N–H and O–H groups in total. The topological polar surface area (TPSA) is 43.9 Å². The second-order valence-electron chi connectivity index (χ2n) is 15.5. The van der Waals surface area contributed by atoms with Crippen molar-refractivity contribution in [2.24, 2.45) is 0 Å². The summed E-state index contributed by atoms with van der Waals surface area (Å²) in [7, 11) is 0. The minimum Gasteiger partial charge on any atom is -0.456 e. The highest BCUT2D eigenvalue weighted by atomic mass is 16.3. The lowest BCUT2D eigenvalue weighted by Gasteiger charge is -2.16. The number of aromatic nitrogens is 3. The van der Waals surface area contributed by atoms with Gasteiger partial charge in [-0.15, -0.1) is 0 Å². The van der Waals surface area contributed by atoms with Crippen molar-refractivity contribution in [3.63, 3.8) is 0 Å². The molecule has 3 aromatic heterocycles. The van der Waals surface area contributed by atoms with Gasteiger partial charge >= 0.3 is 0 Å². The first-order valence-corrected chi connectivity index (χ1v) is 20.4. The molecule has 58 heavy (non-hydrogen) atoms. The van der Waals surface area contributed by atoms with Crippen molar-refractivity contribution in [2.45, 2.75) is 39.0 Å². The standard InChI is InChI=1S/C54H41N3O/c1-3-15-35-16-7-8-19-41(35)39-22-13-23-40(34(39)2)53-43-21-9-11-25-47(43)55-54(56-53)44-24-14-27-51-52(44)46-33-37(29-31-50(46)58-51)36-28-30-49-45(32-36)42-20-10-12-26-48(42)57(49)38-17-5-4-6-18-38/h4-14,16-28,30-33,37H,3,15,29H2,1-2H3. The third-order valence-electron chi connectivity index (χ3n) is 12.1. The van der Waals surface area contributed by atoms with Crippen molar-refractivity contribution in [3.05, 3.63) is 185 Å². The minimum atomic E-state index is 0.179. The van der Waals surface area contributed by atoms with Crippen molar-refractivity contribution in [1.29, 1.82) is 0 Å². The minimum absolute atomic E-state index is 0.179. The Bertz CT molecular complexity index is 3350. The number of furan rings is 1. The molecule has 0 fully saturated rings. The van der Waals surface area contributed by atoms with Crippen LogP contribution in [0.15, 0.2) is 162 Å². The quantitative estimate of drug-likeness (QED) is 0.163. The maximum Gasteiger partial charge on any atom is 0.161 e. The molecule has 4 nitrogen and oxygen atoms in total. The highest BCUT2D eigenvalue weighted by molar-refractivity contribution is 6.09. The lowest BCUT2D eigenvalue weighted by Crippen LogP contribution is -2.25. The molecule has 11 rings (SSSR count). The zero-order chi connectivity index (χ0) is 38.7. The molecule has 0 spiro atoms. The van der Waals surface area contributed by atoms with Crippen LogP contribution in [0.3, 0.4) is 0 Å². The molecule has 4 heteroatoms. The van der Waals surface area contributed by atoms with Gasteiger partial charge in [0.05, 0.1) is 22.2 Å². The van der Waals surface area contributed by atoms with Gasteiger partial charge in [-0.05, 0) is 96.1 Å². The summed E-state index contributed by atoms with van der Waals surface area (Å²) >= 11 is 0. The van der Waals surface area contributed by atoms with Gasteiger partial charge in [-0.1, -0.05) is 135 Å². The highest BCUT2D eigenvalue weighted by Crippen LogP contribution is 2.39. The first-order chi connectivity index (χ1) is 28.6. The van der Waals surface area contributed by atoms with Crippen LogP contribution in [0, 0.1) is 6.92 Å². The average molecular weight is 748 g/mol. The molecule has 1 atom stereocenters. The van der Waals surface area contributed by atoms with E-state index < -0.39 is 0 Å². The summed E-state index contributed by atoms with van der Waals surface area (Å²) in [6.45, 7) is 4.48. The number of hydrogen-bond donors (Lipinski definition) is 0. The predicted octanol–water partition coefficient (Wildman–Crippen LogP) is 12.5. The largest absolute Gasteiger partial charge is 0.456 e. The van der Waals surface area contributed by atoms with Crippen LogP contribution in [-0.4, -0.2) is 14.5 Å². The third kappa shape index (κ3) is 5.51. The lowest BCUT2D eigenvalue weighted by atomic mass is 9.90. The molecule has 0 radical (unpaired) electrons. The number of nitrogens with zero attached hydrogens (tertiary/aromatic N) is 3. The van der Waals surface area contributed by atoms with E-state index in [0.717, 1.165) is 68.6 Å². The van der Waals surface area contributed by atoms with E-state index in [1.165, 1.54) is 55.3 Å². The summed E-state index contributed by atoms with van der Waals surface area (Å²) in [5.41, 5.74) is 15.7. The SMILES string of the molecule is CCCc1ccccc1-c1cccc(-c2nc(-c3cccc4oc5c(c34)=CC(c3ccc4c(c3)c3ccccc3n4-c3ccccc3)CC=5)nc3ccccc23)c1C. The summed E-state index contributed by atoms with van der Waals surface area (Å²) in [5.74, 6) is 0.878. The number of aryl methyl sites for hydroxylation is 1. The van der Waals surface area contributed by atoms with Crippen LogP contribution in [0.1, 0.15) is 42.4 Å². The van der Waals surface area contributed by atoms with Crippen LogP contribution >= 0.6 is 0 Å². The van der Waals surface area contributed by atoms with Gasteiger partial charge in [0.15, 0.2) is 5.82 Å². The number of hydrogen-bond acceptors (Lipinski definition) is 3. The molecule has 0 saturated heterocycles. The Morgan fingerprint density at radius 2 is 1.36 bits per heavy atom. The Kier molecular flexibility index (Phi) is 8.18. The number of fused-ring (bicyclic) bond motifs is 7. The number of rotatable bonds is 7. The van der Waals surface area contributed by atoms with Crippen molar-refractivity contribution >= 4 is 55.8 Å². The Morgan fingerprint density at radius 3 is 2.26 bits per heavy atom. The molecular weight excluding hydrogens is 707 g/mol. The van der Waals surface area contributed by atoms with Crippen LogP contribution in [0.4, 0.5) is 0 Å². The third-order valence-corrected chi connectivity index (χ3v) is 12.1. The first-order valence-electron chi connectivity index (χ1n) is 20.4. The normalized spacial score (nSPS) is 13.9. The summed E-state index contributed by atoms with van der Waals surface area (Å²) < 4.78 is 8.96. The van der Waals surface area contributed by atoms with E-state index in [9.17, 15) is 0 Å².